The number of methoxy groups -OCH3 is 1. The van der Waals surface area contributed by atoms with E-state index in [9.17, 15) is 4.79 Å². The van der Waals surface area contributed by atoms with Crippen molar-refractivity contribution in [2.45, 2.75) is 32.7 Å². The summed E-state index contributed by atoms with van der Waals surface area (Å²) >= 11 is 0. The van der Waals surface area contributed by atoms with Gasteiger partial charge < -0.3 is 15.0 Å². The summed E-state index contributed by atoms with van der Waals surface area (Å²) in [5.41, 5.74) is 4.99. The van der Waals surface area contributed by atoms with Crippen molar-refractivity contribution >= 4 is 28.2 Å². The van der Waals surface area contributed by atoms with Gasteiger partial charge in [0.15, 0.2) is 0 Å². The largest absolute Gasteiger partial charge is 0.494 e. The third-order valence-electron chi connectivity index (χ3n) is 5.30. The number of anilines is 2. The molecule has 0 radical (unpaired) electrons. The highest BCUT2D eigenvalue weighted by Crippen LogP contribution is 2.32. The first-order valence-electron chi connectivity index (χ1n) is 9.68. The van der Waals surface area contributed by atoms with Crippen LogP contribution in [0.2, 0.25) is 0 Å². The van der Waals surface area contributed by atoms with Gasteiger partial charge in [-0.1, -0.05) is 24.3 Å². The summed E-state index contributed by atoms with van der Waals surface area (Å²) in [5.74, 6) is 0.989. The van der Waals surface area contributed by atoms with Crippen LogP contribution in [0.1, 0.15) is 37.1 Å². The van der Waals surface area contributed by atoms with Gasteiger partial charge in [-0.3, -0.25) is 4.79 Å². The number of nitrogens with one attached hydrogen (secondary N) is 1. The number of hydrogen-bond acceptors (Lipinski definition) is 4. The van der Waals surface area contributed by atoms with Crippen molar-refractivity contribution in [2.75, 3.05) is 23.9 Å². The van der Waals surface area contributed by atoms with Gasteiger partial charge in [-0.15, -0.1) is 0 Å². The average molecular weight is 375 g/mol. The molecule has 0 spiro atoms. The van der Waals surface area contributed by atoms with E-state index in [2.05, 4.69) is 41.5 Å². The molecule has 1 atom stereocenters. The molecule has 5 heteroatoms. The number of ether oxygens (including phenoxy) is 1. The maximum absolute atomic E-state index is 11.9. The Bertz CT molecular complexity index is 1010. The SMILES string of the molecule is COc1cccc2c(NC(C)c3ccc(N4CCCC4=O)cc3)cc(C)nc12. The number of nitrogens with zero attached hydrogens (tertiary/aromatic N) is 2. The predicted molar refractivity (Wildman–Crippen MR) is 113 cm³/mol. The second-order valence-electron chi connectivity index (χ2n) is 7.27. The van der Waals surface area contributed by atoms with Gasteiger partial charge in [-0.25, -0.2) is 4.98 Å². The minimum Gasteiger partial charge on any atom is -0.494 e. The predicted octanol–water partition coefficient (Wildman–Crippen LogP) is 4.85. The lowest BCUT2D eigenvalue weighted by Gasteiger charge is -2.20. The number of para-hydroxylation sites is 1. The fourth-order valence-corrected chi connectivity index (χ4v) is 3.82. The number of amides is 1. The Kier molecular flexibility index (Phi) is 4.90. The van der Waals surface area contributed by atoms with Crippen molar-refractivity contribution < 1.29 is 9.53 Å². The molecule has 1 saturated heterocycles. The molecule has 1 unspecified atom stereocenters. The van der Waals surface area contributed by atoms with E-state index in [4.69, 9.17) is 4.74 Å². The lowest BCUT2D eigenvalue weighted by atomic mass is 10.1. The van der Waals surface area contributed by atoms with Gasteiger partial charge in [0.2, 0.25) is 5.91 Å². The fraction of sp³-hybridized carbons (Fsp3) is 0.304. The minimum absolute atomic E-state index is 0.111. The van der Waals surface area contributed by atoms with Gasteiger partial charge in [0.05, 0.1) is 7.11 Å². The Morgan fingerprint density at radius 1 is 1.18 bits per heavy atom. The van der Waals surface area contributed by atoms with E-state index >= 15 is 0 Å². The molecule has 1 aliphatic rings. The van der Waals surface area contributed by atoms with Crippen LogP contribution in [-0.2, 0) is 4.79 Å². The van der Waals surface area contributed by atoms with E-state index in [1.54, 1.807) is 7.11 Å². The van der Waals surface area contributed by atoms with Crippen LogP contribution < -0.4 is 15.0 Å². The van der Waals surface area contributed by atoms with Gasteiger partial charge >= 0.3 is 0 Å². The first-order chi connectivity index (χ1) is 13.6. The number of aryl methyl sites for hydroxylation is 1. The van der Waals surface area contributed by atoms with Gasteiger partial charge in [0, 0.05) is 41.5 Å². The molecule has 1 aromatic heterocycles. The van der Waals surface area contributed by atoms with E-state index in [0.717, 1.165) is 46.7 Å². The van der Waals surface area contributed by atoms with E-state index < -0.39 is 0 Å². The zero-order chi connectivity index (χ0) is 19.7. The van der Waals surface area contributed by atoms with Crippen LogP contribution in [0.3, 0.4) is 0 Å². The molecular weight excluding hydrogens is 350 g/mol. The van der Waals surface area contributed by atoms with Crippen molar-refractivity contribution in [3.63, 3.8) is 0 Å². The summed E-state index contributed by atoms with van der Waals surface area (Å²) in [6, 6.07) is 16.4. The third kappa shape index (κ3) is 3.40. The number of fused-ring (bicyclic) bond motifs is 1. The summed E-state index contributed by atoms with van der Waals surface area (Å²) < 4.78 is 5.48. The Labute approximate surface area is 165 Å². The van der Waals surface area contributed by atoms with Gasteiger partial charge in [0.1, 0.15) is 11.3 Å². The quantitative estimate of drug-likeness (QED) is 0.692. The normalized spacial score (nSPS) is 15.1. The molecule has 4 rings (SSSR count). The second kappa shape index (κ2) is 7.50. The standard InChI is InChI=1S/C23H25N3O2/c1-15-14-20(19-6-4-7-21(28-3)23(19)24-15)25-16(2)17-9-11-18(12-10-17)26-13-5-8-22(26)27/h4,6-7,9-12,14,16H,5,8,13H2,1-3H3,(H,24,25). The Balaban J connectivity index is 1.60. The molecule has 28 heavy (non-hydrogen) atoms. The Morgan fingerprint density at radius 2 is 1.96 bits per heavy atom. The van der Waals surface area contributed by atoms with Crippen molar-refractivity contribution in [1.29, 1.82) is 0 Å². The van der Waals surface area contributed by atoms with E-state index in [0.29, 0.717) is 6.42 Å². The first-order valence-corrected chi connectivity index (χ1v) is 9.68. The zero-order valence-corrected chi connectivity index (χ0v) is 16.5. The summed E-state index contributed by atoms with van der Waals surface area (Å²) in [5, 5.41) is 4.65. The van der Waals surface area contributed by atoms with Crippen LogP contribution in [0.4, 0.5) is 11.4 Å². The molecule has 0 bridgehead atoms. The minimum atomic E-state index is 0.111. The molecule has 1 fully saturated rings. The van der Waals surface area contributed by atoms with Crippen LogP contribution in [0.5, 0.6) is 5.75 Å². The van der Waals surface area contributed by atoms with E-state index in [1.165, 1.54) is 5.56 Å². The van der Waals surface area contributed by atoms with Crippen LogP contribution in [0.15, 0.2) is 48.5 Å². The number of carbonyl (C=O) groups excluding carboxylic acids is 1. The number of rotatable bonds is 5. The molecule has 2 aromatic carbocycles. The van der Waals surface area contributed by atoms with Crippen LogP contribution in [0.25, 0.3) is 10.9 Å². The third-order valence-corrected chi connectivity index (χ3v) is 5.30. The molecule has 1 aliphatic heterocycles. The maximum atomic E-state index is 11.9. The van der Waals surface area contributed by atoms with Crippen LogP contribution in [0, 0.1) is 6.92 Å². The second-order valence-corrected chi connectivity index (χ2v) is 7.27. The van der Waals surface area contributed by atoms with Crippen molar-refractivity contribution in [3.8, 4) is 5.75 Å². The van der Waals surface area contributed by atoms with E-state index in [1.807, 2.05) is 36.1 Å². The summed E-state index contributed by atoms with van der Waals surface area (Å²) in [6.07, 6.45) is 1.59. The van der Waals surface area contributed by atoms with Crippen molar-refractivity contribution in [3.05, 3.63) is 59.8 Å². The number of aromatic nitrogens is 1. The number of carbonyl (C=O) groups is 1. The summed E-state index contributed by atoms with van der Waals surface area (Å²) in [4.78, 5) is 18.5. The highest BCUT2D eigenvalue weighted by atomic mass is 16.5. The van der Waals surface area contributed by atoms with Gasteiger partial charge in [-0.05, 0) is 50.1 Å². The number of benzene rings is 2. The maximum Gasteiger partial charge on any atom is 0.227 e. The Morgan fingerprint density at radius 3 is 2.64 bits per heavy atom. The number of hydrogen-bond donors (Lipinski definition) is 1. The lowest BCUT2D eigenvalue weighted by Crippen LogP contribution is -2.23. The molecule has 0 aliphatic carbocycles. The molecule has 1 amide bonds. The molecule has 144 valence electrons. The summed E-state index contributed by atoms with van der Waals surface area (Å²) in [6.45, 7) is 4.94. The van der Waals surface area contributed by atoms with E-state index in [-0.39, 0.29) is 11.9 Å². The van der Waals surface area contributed by atoms with Crippen molar-refractivity contribution in [2.24, 2.45) is 0 Å². The monoisotopic (exact) mass is 375 g/mol. The highest BCUT2D eigenvalue weighted by Gasteiger charge is 2.21. The fourth-order valence-electron chi connectivity index (χ4n) is 3.82. The van der Waals surface area contributed by atoms with Crippen LogP contribution >= 0.6 is 0 Å². The molecule has 2 heterocycles. The highest BCUT2D eigenvalue weighted by molar-refractivity contribution is 5.96. The lowest BCUT2D eigenvalue weighted by molar-refractivity contribution is -0.117. The molecule has 0 saturated carbocycles. The van der Waals surface area contributed by atoms with Gasteiger partial charge in [-0.2, -0.15) is 0 Å². The Hall–Kier alpha value is -3.08. The van der Waals surface area contributed by atoms with Crippen molar-refractivity contribution in [1.82, 2.24) is 4.98 Å². The number of pyridine rings is 1. The summed E-state index contributed by atoms with van der Waals surface area (Å²) in [7, 11) is 1.67. The molecule has 3 aromatic rings. The smallest absolute Gasteiger partial charge is 0.227 e. The molecular formula is C23H25N3O2. The molecule has 5 nitrogen and oxygen atoms in total. The molecule has 1 N–H and O–H groups in total. The average Bonchev–Trinajstić information content (AvgIpc) is 3.13. The zero-order valence-electron chi connectivity index (χ0n) is 16.5. The van der Waals surface area contributed by atoms with Crippen LogP contribution in [-0.4, -0.2) is 24.5 Å². The van der Waals surface area contributed by atoms with Gasteiger partial charge in [0.25, 0.3) is 0 Å². The first kappa shape index (κ1) is 18.3. The topological polar surface area (TPSA) is 54.5 Å².